The number of rotatable bonds is 8. The molecule has 0 radical (unpaired) electrons. The number of carbonyl (C=O) groups excluding carboxylic acids is 1. The van der Waals surface area contributed by atoms with E-state index < -0.39 is 38.1 Å². The van der Waals surface area contributed by atoms with Crippen molar-refractivity contribution in [2.45, 2.75) is 31.3 Å². The molecule has 1 fully saturated rings. The third-order valence-electron chi connectivity index (χ3n) is 4.16. The molecule has 1 aromatic carbocycles. The molecule has 2 rings (SSSR count). The van der Waals surface area contributed by atoms with Crippen molar-refractivity contribution in [2.24, 2.45) is 11.7 Å². The highest BCUT2D eigenvalue weighted by Gasteiger charge is 2.46. The van der Waals surface area contributed by atoms with E-state index in [9.17, 15) is 14.3 Å². The Labute approximate surface area is 151 Å². The Balaban J connectivity index is 1.89. The number of methoxy groups -OCH3 is 1. The minimum absolute atomic E-state index is 0.0833. The maximum atomic E-state index is 11.8. The van der Waals surface area contributed by atoms with Gasteiger partial charge in [0, 0.05) is 26.2 Å². The largest absolute Gasteiger partial charge is 0.508 e. The van der Waals surface area contributed by atoms with E-state index in [1.54, 1.807) is 0 Å². The normalized spacial score (nSPS) is 27.7. The molecule has 10 heteroatoms. The molecule has 0 heterocycles. The van der Waals surface area contributed by atoms with E-state index in [4.69, 9.17) is 24.5 Å². The standard InChI is InChI=1S/C16H24NO8P/c1-21-15-13(17)8-12(14(15)25-26(19,20)22-2)10-24-16(18)23-9-11-6-4-3-5-7-11/h3-7,12-15H,8-10,17H2,1-2H3,(H,19,20)/t12-,13-,14?,15-/m1/s1. The van der Waals surface area contributed by atoms with Crippen molar-refractivity contribution in [1.82, 2.24) is 0 Å². The molecule has 0 bridgehead atoms. The van der Waals surface area contributed by atoms with Crippen LogP contribution in [0.3, 0.4) is 0 Å². The second-order valence-electron chi connectivity index (χ2n) is 5.92. The van der Waals surface area contributed by atoms with Gasteiger partial charge in [0.1, 0.15) is 19.3 Å². The van der Waals surface area contributed by atoms with Crippen LogP contribution in [0.15, 0.2) is 30.3 Å². The van der Waals surface area contributed by atoms with Gasteiger partial charge in [0.25, 0.3) is 0 Å². The first kappa shape index (κ1) is 20.8. The van der Waals surface area contributed by atoms with Crippen LogP contribution < -0.4 is 5.73 Å². The van der Waals surface area contributed by atoms with Crippen LogP contribution in [0.4, 0.5) is 4.79 Å². The molecule has 1 aliphatic rings. The number of benzene rings is 1. The van der Waals surface area contributed by atoms with Crippen molar-refractivity contribution in [3.63, 3.8) is 0 Å². The van der Waals surface area contributed by atoms with Crippen LogP contribution in [0, 0.1) is 5.92 Å². The Bertz CT molecular complexity index is 628. The van der Waals surface area contributed by atoms with Crippen molar-refractivity contribution in [3.05, 3.63) is 35.9 Å². The Morgan fingerprint density at radius 2 is 1.92 bits per heavy atom. The number of carbonyl (C=O) groups is 1. The van der Waals surface area contributed by atoms with Gasteiger partial charge in [-0.1, -0.05) is 30.3 Å². The van der Waals surface area contributed by atoms with Crippen LogP contribution in [-0.2, 0) is 34.4 Å². The fourth-order valence-electron chi connectivity index (χ4n) is 2.88. The van der Waals surface area contributed by atoms with E-state index >= 15 is 0 Å². The lowest BCUT2D eigenvalue weighted by Gasteiger charge is -2.25. The molecule has 0 aromatic heterocycles. The number of ether oxygens (including phenoxy) is 3. The molecule has 1 saturated carbocycles. The summed E-state index contributed by atoms with van der Waals surface area (Å²) in [5, 5.41) is 0. The van der Waals surface area contributed by atoms with Crippen molar-refractivity contribution < 1.29 is 37.5 Å². The molecule has 0 aliphatic heterocycles. The zero-order chi connectivity index (χ0) is 19.2. The van der Waals surface area contributed by atoms with Gasteiger partial charge in [0.2, 0.25) is 0 Å². The number of phosphoric acid groups is 1. The molecular formula is C16H24NO8P. The second-order valence-corrected chi connectivity index (χ2v) is 7.43. The second kappa shape index (κ2) is 9.45. The Morgan fingerprint density at radius 1 is 1.23 bits per heavy atom. The van der Waals surface area contributed by atoms with E-state index in [1.165, 1.54) is 7.11 Å². The van der Waals surface area contributed by atoms with Crippen molar-refractivity contribution in [2.75, 3.05) is 20.8 Å². The highest BCUT2D eigenvalue weighted by molar-refractivity contribution is 7.47. The molecule has 0 saturated heterocycles. The van der Waals surface area contributed by atoms with E-state index in [0.29, 0.717) is 6.42 Å². The third kappa shape index (κ3) is 5.77. The van der Waals surface area contributed by atoms with Gasteiger partial charge in [0.15, 0.2) is 0 Å². The SMILES string of the molecule is CO[C@H]1C(OP(=O)(O)OC)[C@@H](COC(=O)OCc2ccccc2)C[C@H]1N. The van der Waals surface area contributed by atoms with Gasteiger partial charge in [-0.25, -0.2) is 9.36 Å². The average Bonchev–Trinajstić information content (AvgIpc) is 2.93. The van der Waals surface area contributed by atoms with Crippen LogP contribution in [0.1, 0.15) is 12.0 Å². The van der Waals surface area contributed by atoms with Gasteiger partial charge in [0.05, 0.1) is 6.10 Å². The first-order valence-electron chi connectivity index (χ1n) is 8.05. The van der Waals surface area contributed by atoms with Crippen molar-refractivity contribution in [1.29, 1.82) is 0 Å². The van der Waals surface area contributed by atoms with Gasteiger partial charge in [-0.05, 0) is 12.0 Å². The van der Waals surface area contributed by atoms with Crippen LogP contribution in [-0.4, -0.2) is 50.1 Å². The van der Waals surface area contributed by atoms with Gasteiger partial charge in [-0.15, -0.1) is 0 Å². The lowest BCUT2D eigenvalue weighted by molar-refractivity contribution is -0.0305. The summed E-state index contributed by atoms with van der Waals surface area (Å²) in [7, 11) is -1.76. The zero-order valence-corrected chi connectivity index (χ0v) is 15.5. The van der Waals surface area contributed by atoms with Crippen LogP contribution in [0.2, 0.25) is 0 Å². The van der Waals surface area contributed by atoms with E-state index in [1.807, 2.05) is 30.3 Å². The number of hydrogen-bond acceptors (Lipinski definition) is 8. The van der Waals surface area contributed by atoms with E-state index in [2.05, 4.69) is 4.52 Å². The fourth-order valence-corrected chi connectivity index (χ4v) is 3.56. The molecule has 0 spiro atoms. The summed E-state index contributed by atoms with van der Waals surface area (Å²) in [4.78, 5) is 21.3. The summed E-state index contributed by atoms with van der Waals surface area (Å²) < 4.78 is 36.7. The van der Waals surface area contributed by atoms with Crippen LogP contribution in [0.25, 0.3) is 0 Å². The summed E-state index contributed by atoms with van der Waals surface area (Å²) in [6.07, 6.45) is -1.94. The molecular weight excluding hydrogens is 365 g/mol. The monoisotopic (exact) mass is 389 g/mol. The Kier molecular flexibility index (Phi) is 7.57. The van der Waals surface area contributed by atoms with Gasteiger partial charge in [-0.2, -0.15) is 0 Å². The van der Waals surface area contributed by atoms with Crippen molar-refractivity contribution in [3.8, 4) is 0 Å². The number of hydrogen-bond donors (Lipinski definition) is 2. The zero-order valence-electron chi connectivity index (χ0n) is 14.6. The van der Waals surface area contributed by atoms with Gasteiger partial charge < -0.3 is 24.8 Å². The summed E-state index contributed by atoms with van der Waals surface area (Å²) in [6.45, 7) is -0.00441. The maximum Gasteiger partial charge on any atom is 0.508 e. The smallest absolute Gasteiger partial charge is 0.434 e. The lowest BCUT2D eigenvalue weighted by Crippen LogP contribution is -2.39. The first-order valence-corrected chi connectivity index (χ1v) is 9.54. The summed E-state index contributed by atoms with van der Waals surface area (Å²) in [5.74, 6) is -0.435. The predicted octanol–water partition coefficient (Wildman–Crippen LogP) is 1.83. The van der Waals surface area contributed by atoms with Crippen LogP contribution in [0.5, 0.6) is 0 Å². The van der Waals surface area contributed by atoms with E-state index in [0.717, 1.165) is 12.7 Å². The lowest BCUT2D eigenvalue weighted by atomic mass is 10.1. The summed E-state index contributed by atoms with van der Waals surface area (Å²) in [5.41, 5.74) is 6.81. The molecule has 5 atom stereocenters. The molecule has 146 valence electrons. The van der Waals surface area contributed by atoms with Crippen LogP contribution >= 0.6 is 7.82 Å². The molecule has 9 nitrogen and oxygen atoms in total. The fraction of sp³-hybridized carbons (Fsp3) is 0.562. The first-order chi connectivity index (χ1) is 12.4. The molecule has 2 unspecified atom stereocenters. The third-order valence-corrected chi connectivity index (χ3v) is 5.13. The Hall–Kier alpha value is -1.48. The predicted molar refractivity (Wildman–Crippen MR) is 91.2 cm³/mol. The molecule has 1 aromatic rings. The minimum atomic E-state index is -4.24. The number of nitrogens with two attached hydrogens (primary N) is 1. The quantitative estimate of drug-likeness (QED) is 0.506. The molecule has 26 heavy (non-hydrogen) atoms. The molecule has 0 amide bonds. The summed E-state index contributed by atoms with van der Waals surface area (Å²) in [6, 6.07) is 8.73. The minimum Gasteiger partial charge on any atom is -0.434 e. The average molecular weight is 389 g/mol. The summed E-state index contributed by atoms with van der Waals surface area (Å²) >= 11 is 0. The molecule has 1 aliphatic carbocycles. The molecule has 3 N–H and O–H groups in total. The highest BCUT2D eigenvalue weighted by atomic mass is 31.2. The number of phosphoric ester groups is 1. The Morgan fingerprint density at radius 3 is 2.54 bits per heavy atom. The maximum absolute atomic E-state index is 11.8. The van der Waals surface area contributed by atoms with Gasteiger partial charge >= 0.3 is 14.0 Å². The van der Waals surface area contributed by atoms with Crippen molar-refractivity contribution >= 4 is 14.0 Å². The topological polar surface area (TPSA) is 127 Å². The van der Waals surface area contributed by atoms with Gasteiger partial charge in [-0.3, -0.25) is 9.05 Å². The highest BCUT2D eigenvalue weighted by Crippen LogP contribution is 2.47. The van der Waals surface area contributed by atoms with E-state index in [-0.39, 0.29) is 13.2 Å².